The molecule has 5 rings (SSSR count). The fraction of sp³-hybridized carbons (Fsp3) is 0.346. The molecule has 176 valence electrons. The van der Waals surface area contributed by atoms with E-state index in [9.17, 15) is 4.79 Å². The van der Waals surface area contributed by atoms with E-state index in [2.05, 4.69) is 41.3 Å². The third-order valence-corrected chi connectivity index (χ3v) is 7.23. The summed E-state index contributed by atoms with van der Waals surface area (Å²) in [6.45, 7) is 5.94. The van der Waals surface area contributed by atoms with Gasteiger partial charge in [0, 0.05) is 30.9 Å². The van der Waals surface area contributed by atoms with Crippen molar-refractivity contribution in [3.8, 4) is 16.3 Å². The van der Waals surface area contributed by atoms with Gasteiger partial charge in [0.15, 0.2) is 5.65 Å². The van der Waals surface area contributed by atoms with Crippen molar-refractivity contribution in [1.29, 1.82) is 0 Å². The van der Waals surface area contributed by atoms with Crippen LogP contribution in [0.1, 0.15) is 43.1 Å². The molecule has 1 N–H and O–H groups in total. The molecule has 3 aromatic heterocycles. The number of benzene rings is 1. The SMILES string of the molecule is COc1ccc(N2CCC(NC(=O)c3cc(-c4cccs4)nc4c3cnn4C(C)C)CC2)cc1. The van der Waals surface area contributed by atoms with Crippen LogP contribution in [0.25, 0.3) is 21.6 Å². The van der Waals surface area contributed by atoms with Gasteiger partial charge in [-0.1, -0.05) is 6.07 Å². The van der Waals surface area contributed by atoms with E-state index in [1.165, 1.54) is 5.69 Å². The summed E-state index contributed by atoms with van der Waals surface area (Å²) in [4.78, 5) is 21.7. The first-order chi connectivity index (χ1) is 16.5. The van der Waals surface area contributed by atoms with Gasteiger partial charge in [-0.3, -0.25) is 4.79 Å². The Kier molecular flexibility index (Phi) is 6.24. The largest absolute Gasteiger partial charge is 0.497 e. The Morgan fingerprint density at radius 1 is 1.18 bits per heavy atom. The molecule has 1 amide bonds. The van der Waals surface area contributed by atoms with Crippen molar-refractivity contribution in [2.75, 3.05) is 25.1 Å². The van der Waals surface area contributed by atoms with Crippen molar-refractivity contribution < 1.29 is 9.53 Å². The summed E-state index contributed by atoms with van der Waals surface area (Å²) in [5.41, 5.74) is 3.38. The summed E-state index contributed by atoms with van der Waals surface area (Å²) in [6, 6.07) is 14.4. The highest BCUT2D eigenvalue weighted by molar-refractivity contribution is 7.13. The minimum absolute atomic E-state index is 0.0589. The molecule has 0 spiro atoms. The number of hydrogen-bond donors (Lipinski definition) is 1. The van der Waals surface area contributed by atoms with Crippen LogP contribution in [0, 0.1) is 0 Å². The highest BCUT2D eigenvalue weighted by Crippen LogP contribution is 2.29. The number of ether oxygens (including phenoxy) is 1. The summed E-state index contributed by atoms with van der Waals surface area (Å²) in [6.07, 6.45) is 3.56. The van der Waals surface area contributed by atoms with E-state index in [4.69, 9.17) is 9.72 Å². The predicted molar refractivity (Wildman–Crippen MR) is 137 cm³/mol. The van der Waals surface area contributed by atoms with Crippen molar-refractivity contribution in [2.45, 2.75) is 38.8 Å². The molecule has 4 heterocycles. The summed E-state index contributed by atoms with van der Waals surface area (Å²) >= 11 is 1.62. The maximum Gasteiger partial charge on any atom is 0.252 e. The lowest BCUT2D eigenvalue weighted by Gasteiger charge is -2.34. The fourth-order valence-electron chi connectivity index (χ4n) is 4.47. The minimum atomic E-state index is -0.0589. The number of carbonyl (C=O) groups excluding carboxylic acids is 1. The van der Waals surface area contributed by atoms with E-state index in [0.717, 1.165) is 53.3 Å². The number of piperidine rings is 1. The summed E-state index contributed by atoms with van der Waals surface area (Å²) in [7, 11) is 1.68. The number of thiophene rings is 1. The molecule has 0 unspecified atom stereocenters. The van der Waals surface area contributed by atoms with Gasteiger partial charge in [0.2, 0.25) is 0 Å². The molecule has 1 aliphatic heterocycles. The number of amides is 1. The second kappa shape index (κ2) is 9.46. The topological polar surface area (TPSA) is 72.3 Å². The molecule has 1 aliphatic rings. The van der Waals surface area contributed by atoms with Gasteiger partial charge in [-0.2, -0.15) is 5.10 Å². The van der Waals surface area contributed by atoms with Crippen molar-refractivity contribution in [3.63, 3.8) is 0 Å². The van der Waals surface area contributed by atoms with Gasteiger partial charge in [0.25, 0.3) is 5.91 Å². The lowest BCUT2D eigenvalue weighted by Crippen LogP contribution is -2.44. The number of hydrogen-bond acceptors (Lipinski definition) is 6. The number of nitrogens with zero attached hydrogens (tertiary/aromatic N) is 4. The third-order valence-electron chi connectivity index (χ3n) is 6.34. The zero-order chi connectivity index (χ0) is 23.7. The second-order valence-electron chi connectivity index (χ2n) is 8.89. The maximum absolute atomic E-state index is 13.4. The molecule has 7 nitrogen and oxygen atoms in total. The molecule has 0 saturated carbocycles. The van der Waals surface area contributed by atoms with Crippen molar-refractivity contribution >= 4 is 34.0 Å². The van der Waals surface area contributed by atoms with Gasteiger partial charge >= 0.3 is 0 Å². The van der Waals surface area contributed by atoms with Gasteiger partial charge < -0.3 is 15.0 Å². The Bertz CT molecular complexity index is 1270. The van der Waals surface area contributed by atoms with Gasteiger partial charge in [0.05, 0.1) is 34.8 Å². The third kappa shape index (κ3) is 4.37. The number of rotatable bonds is 6. The number of carbonyl (C=O) groups is 1. The lowest BCUT2D eigenvalue weighted by molar-refractivity contribution is 0.0932. The number of anilines is 1. The molecule has 34 heavy (non-hydrogen) atoms. The zero-order valence-corrected chi connectivity index (χ0v) is 20.5. The van der Waals surface area contributed by atoms with Gasteiger partial charge in [-0.15, -0.1) is 11.3 Å². The molecule has 4 aromatic rings. The quantitative estimate of drug-likeness (QED) is 0.418. The Balaban J connectivity index is 1.34. The van der Waals surface area contributed by atoms with E-state index in [1.54, 1.807) is 24.6 Å². The Hall–Kier alpha value is -3.39. The predicted octanol–water partition coefficient (Wildman–Crippen LogP) is 5.15. The van der Waals surface area contributed by atoms with Crippen LogP contribution in [0.4, 0.5) is 5.69 Å². The number of nitrogens with one attached hydrogen (secondary N) is 1. The van der Waals surface area contributed by atoms with Crippen LogP contribution in [0.3, 0.4) is 0 Å². The van der Waals surface area contributed by atoms with Crippen LogP contribution in [-0.2, 0) is 0 Å². The van der Waals surface area contributed by atoms with Crippen LogP contribution in [0.5, 0.6) is 5.75 Å². The molecular weight excluding hydrogens is 446 g/mol. The number of fused-ring (bicyclic) bond motifs is 1. The van der Waals surface area contributed by atoms with Crippen LogP contribution in [0.15, 0.2) is 54.0 Å². The highest BCUT2D eigenvalue weighted by atomic mass is 32.1. The molecule has 0 bridgehead atoms. The van der Waals surface area contributed by atoms with E-state index in [1.807, 2.05) is 40.4 Å². The molecule has 0 aliphatic carbocycles. The van der Waals surface area contributed by atoms with E-state index < -0.39 is 0 Å². The Morgan fingerprint density at radius 3 is 2.59 bits per heavy atom. The van der Waals surface area contributed by atoms with Crippen LogP contribution in [-0.4, -0.2) is 46.9 Å². The van der Waals surface area contributed by atoms with E-state index in [0.29, 0.717) is 5.56 Å². The molecular formula is C26H29N5O2S. The first kappa shape index (κ1) is 22.4. The Morgan fingerprint density at radius 2 is 1.94 bits per heavy atom. The lowest BCUT2D eigenvalue weighted by atomic mass is 10.0. The van der Waals surface area contributed by atoms with E-state index in [-0.39, 0.29) is 18.0 Å². The van der Waals surface area contributed by atoms with Gasteiger partial charge in [0.1, 0.15) is 5.75 Å². The van der Waals surface area contributed by atoms with Crippen molar-refractivity contribution in [1.82, 2.24) is 20.1 Å². The standard InChI is InChI=1S/C26H29N5O2S/c1-17(2)31-25-22(16-27-31)21(15-23(29-25)24-5-4-14-34-24)26(32)28-18-10-12-30(13-11-18)19-6-8-20(33-3)9-7-19/h4-9,14-18H,10-13H2,1-3H3,(H,28,32). The second-order valence-corrected chi connectivity index (χ2v) is 9.83. The molecule has 0 radical (unpaired) electrons. The maximum atomic E-state index is 13.4. The van der Waals surface area contributed by atoms with Crippen LogP contribution in [0.2, 0.25) is 0 Å². The first-order valence-electron chi connectivity index (χ1n) is 11.7. The van der Waals surface area contributed by atoms with Crippen molar-refractivity contribution in [3.05, 3.63) is 59.6 Å². The van der Waals surface area contributed by atoms with Crippen LogP contribution < -0.4 is 15.0 Å². The highest BCUT2D eigenvalue weighted by Gasteiger charge is 2.24. The summed E-state index contributed by atoms with van der Waals surface area (Å²) < 4.78 is 7.15. The van der Waals surface area contributed by atoms with E-state index >= 15 is 0 Å². The van der Waals surface area contributed by atoms with Crippen molar-refractivity contribution in [2.24, 2.45) is 0 Å². The Labute approximate surface area is 203 Å². The van der Waals surface area contributed by atoms with Crippen LogP contribution >= 0.6 is 11.3 Å². The summed E-state index contributed by atoms with van der Waals surface area (Å²) in [5.74, 6) is 0.800. The zero-order valence-electron chi connectivity index (χ0n) is 19.7. The van der Waals surface area contributed by atoms with Gasteiger partial charge in [-0.25, -0.2) is 9.67 Å². The number of aromatic nitrogens is 3. The number of pyridine rings is 1. The molecule has 8 heteroatoms. The smallest absolute Gasteiger partial charge is 0.252 e. The monoisotopic (exact) mass is 475 g/mol. The average Bonchev–Trinajstić information content (AvgIpc) is 3.54. The van der Waals surface area contributed by atoms with Gasteiger partial charge in [-0.05, 0) is 68.5 Å². The minimum Gasteiger partial charge on any atom is -0.497 e. The first-order valence-corrected chi connectivity index (χ1v) is 12.5. The molecule has 1 fully saturated rings. The average molecular weight is 476 g/mol. The summed E-state index contributed by atoms with van der Waals surface area (Å²) in [5, 5.41) is 10.6. The fourth-order valence-corrected chi connectivity index (χ4v) is 5.16. The molecule has 0 atom stereocenters. The number of methoxy groups -OCH3 is 1. The normalized spacial score (nSPS) is 14.6. The molecule has 1 saturated heterocycles. The molecule has 1 aromatic carbocycles.